The fourth-order valence-corrected chi connectivity index (χ4v) is 4.14. The first-order valence-corrected chi connectivity index (χ1v) is 10.6. The number of rotatable bonds is 2. The molecule has 0 aliphatic carbocycles. The summed E-state index contributed by atoms with van der Waals surface area (Å²) < 4.78 is 6.43. The molecule has 2 aromatic heterocycles. The number of anilines is 2. The number of imidazole rings is 1. The normalized spacial score (nSPS) is 18.8. The van der Waals surface area contributed by atoms with Gasteiger partial charge < -0.3 is 20.8 Å². The van der Waals surface area contributed by atoms with Crippen LogP contribution < -0.4 is 16.4 Å². The SMILES string of the molecule is COC(=O)Nc1ccc2c(c1)N[C@H](c1nn(C)cc1Cl)CCCC[C@H](N)c1nc-2c[nH]1. The van der Waals surface area contributed by atoms with E-state index in [0.717, 1.165) is 54.1 Å². The van der Waals surface area contributed by atoms with Crippen LogP contribution in [0.25, 0.3) is 11.3 Å². The van der Waals surface area contributed by atoms with Crippen LogP contribution in [0, 0.1) is 0 Å². The Hall–Kier alpha value is -3.04. The van der Waals surface area contributed by atoms with Crippen molar-refractivity contribution in [3.05, 3.63) is 47.1 Å². The molecule has 0 fully saturated rings. The predicted octanol–water partition coefficient (Wildman–Crippen LogP) is 4.37. The standard InChI is InChI=1S/C21H26ClN7O2/c1-29-11-14(22)19(28-29)16-6-4-3-5-15(23)20-24-10-18(27-20)13-8-7-12(9-17(13)26-16)25-21(30)31-2/h7-11,15-16,26H,3-6,23H2,1-2H3,(H,24,27)(H,25,30)/t15-,16-/m0/s1. The monoisotopic (exact) mass is 443 g/mol. The van der Waals surface area contributed by atoms with Gasteiger partial charge in [0.2, 0.25) is 0 Å². The summed E-state index contributed by atoms with van der Waals surface area (Å²) in [5, 5.41) is 11.5. The van der Waals surface area contributed by atoms with Crippen molar-refractivity contribution < 1.29 is 9.53 Å². The number of benzene rings is 1. The van der Waals surface area contributed by atoms with E-state index in [1.54, 1.807) is 16.9 Å². The zero-order valence-corrected chi connectivity index (χ0v) is 18.2. The maximum atomic E-state index is 11.7. The van der Waals surface area contributed by atoms with Crippen molar-refractivity contribution in [2.24, 2.45) is 12.8 Å². The van der Waals surface area contributed by atoms with Crippen molar-refractivity contribution in [3.63, 3.8) is 0 Å². The summed E-state index contributed by atoms with van der Waals surface area (Å²) >= 11 is 6.48. The number of aromatic amines is 1. The van der Waals surface area contributed by atoms with Gasteiger partial charge in [-0.1, -0.05) is 24.4 Å². The Balaban J connectivity index is 1.78. The number of aromatic nitrogens is 4. The van der Waals surface area contributed by atoms with Gasteiger partial charge in [0.15, 0.2) is 0 Å². The summed E-state index contributed by atoms with van der Waals surface area (Å²) in [7, 11) is 3.18. The second-order valence-corrected chi connectivity index (χ2v) is 8.08. The highest BCUT2D eigenvalue weighted by molar-refractivity contribution is 6.31. The highest BCUT2D eigenvalue weighted by Crippen LogP contribution is 2.36. The number of methoxy groups -OCH3 is 1. The molecule has 9 nitrogen and oxygen atoms in total. The van der Waals surface area contributed by atoms with E-state index in [4.69, 9.17) is 27.1 Å². The van der Waals surface area contributed by atoms with Crippen LogP contribution in [0.4, 0.5) is 16.2 Å². The van der Waals surface area contributed by atoms with Gasteiger partial charge in [0.25, 0.3) is 0 Å². The number of nitrogens with one attached hydrogen (secondary N) is 3. The van der Waals surface area contributed by atoms with Gasteiger partial charge in [0.05, 0.1) is 29.9 Å². The molecule has 0 unspecified atom stereocenters. The van der Waals surface area contributed by atoms with Crippen molar-refractivity contribution in [3.8, 4) is 11.3 Å². The van der Waals surface area contributed by atoms with Gasteiger partial charge in [-0.2, -0.15) is 5.10 Å². The lowest BCUT2D eigenvalue weighted by Gasteiger charge is -2.22. The Morgan fingerprint density at radius 3 is 2.90 bits per heavy atom. The van der Waals surface area contributed by atoms with E-state index in [1.165, 1.54) is 7.11 Å². The molecule has 4 rings (SSSR count). The van der Waals surface area contributed by atoms with Crippen molar-refractivity contribution in [2.45, 2.75) is 37.8 Å². The molecule has 10 heteroatoms. The molecule has 2 atom stereocenters. The lowest BCUT2D eigenvalue weighted by Crippen LogP contribution is -2.16. The molecule has 5 N–H and O–H groups in total. The van der Waals surface area contributed by atoms with E-state index in [-0.39, 0.29) is 12.1 Å². The van der Waals surface area contributed by atoms with E-state index in [2.05, 4.69) is 20.7 Å². The number of carbonyl (C=O) groups is 1. The summed E-state index contributed by atoms with van der Waals surface area (Å²) in [6, 6.07) is 5.30. The first-order valence-electron chi connectivity index (χ1n) is 10.2. The van der Waals surface area contributed by atoms with Crippen LogP contribution in [-0.4, -0.2) is 33.0 Å². The zero-order valence-electron chi connectivity index (χ0n) is 17.5. The smallest absolute Gasteiger partial charge is 0.411 e. The molecule has 1 aliphatic heterocycles. The number of aryl methyl sites for hydroxylation is 1. The Morgan fingerprint density at radius 1 is 1.35 bits per heavy atom. The van der Waals surface area contributed by atoms with Crippen LogP contribution >= 0.6 is 11.6 Å². The second-order valence-electron chi connectivity index (χ2n) is 7.67. The maximum absolute atomic E-state index is 11.7. The number of carbonyl (C=O) groups excluding carboxylic acids is 1. The summed E-state index contributed by atoms with van der Waals surface area (Å²) in [6.07, 6.45) is 6.68. The topological polar surface area (TPSA) is 123 Å². The van der Waals surface area contributed by atoms with E-state index < -0.39 is 6.09 Å². The number of nitrogens with two attached hydrogens (primary N) is 1. The van der Waals surface area contributed by atoms with Gasteiger partial charge in [-0.05, 0) is 31.0 Å². The van der Waals surface area contributed by atoms with Gasteiger partial charge in [0.1, 0.15) is 11.5 Å². The number of amides is 1. The average Bonchev–Trinajstić information content (AvgIpc) is 3.36. The lowest BCUT2D eigenvalue weighted by atomic mass is 10.0. The molecule has 1 aromatic carbocycles. The molecule has 0 saturated heterocycles. The van der Waals surface area contributed by atoms with Crippen LogP contribution in [-0.2, 0) is 11.8 Å². The molecule has 1 amide bonds. The minimum Gasteiger partial charge on any atom is -0.453 e. The molecule has 0 saturated carbocycles. The molecule has 0 radical (unpaired) electrons. The van der Waals surface area contributed by atoms with Gasteiger partial charge in [0, 0.05) is 36.4 Å². The largest absolute Gasteiger partial charge is 0.453 e. The number of hydrogen-bond donors (Lipinski definition) is 4. The third-order valence-electron chi connectivity index (χ3n) is 5.40. The quantitative estimate of drug-likeness (QED) is 0.466. The molecule has 2 bridgehead atoms. The minimum absolute atomic E-state index is 0.116. The number of H-pyrrole nitrogens is 1. The van der Waals surface area contributed by atoms with Crippen LogP contribution in [0.3, 0.4) is 0 Å². The fraction of sp³-hybridized carbons (Fsp3) is 0.381. The highest BCUT2D eigenvalue weighted by Gasteiger charge is 2.22. The Kier molecular flexibility index (Phi) is 6.15. The van der Waals surface area contributed by atoms with Gasteiger partial charge in [-0.25, -0.2) is 9.78 Å². The third-order valence-corrected chi connectivity index (χ3v) is 5.70. The minimum atomic E-state index is -0.537. The fourth-order valence-electron chi connectivity index (χ4n) is 3.83. The lowest BCUT2D eigenvalue weighted by molar-refractivity contribution is 0.187. The number of nitrogens with zero attached hydrogens (tertiary/aromatic N) is 3. The Bertz CT molecular complexity index is 1080. The summed E-state index contributed by atoms with van der Waals surface area (Å²) in [5.74, 6) is 0.766. The van der Waals surface area contributed by atoms with Crippen LogP contribution in [0.1, 0.15) is 49.3 Å². The summed E-state index contributed by atoms with van der Waals surface area (Å²) in [4.78, 5) is 19.6. The maximum Gasteiger partial charge on any atom is 0.411 e. The number of ether oxygens (including phenoxy) is 1. The molecular formula is C21H26ClN7O2. The second kappa shape index (κ2) is 8.99. The van der Waals surface area contributed by atoms with Crippen LogP contribution in [0.5, 0.6) is 0 Å². The summed E-state index contributed by atoms with van der Waals surface area (Å²) in [6.45, 7) is 0. The first kappa shape index (κ1) is 21.2. The Morgan fingerprint density at radius 2 is 2.16 bits per heavy atom. The first-order chi connectivity index (χ1) is 14.9. The van der Waals surface area contributed by atoms with Crippen LogP contribution in [0.15, 0.2) is 30.6 Å². The van der Waals surface area contributed by atoms with Gasteiger partial charge in [-0.3, -0.25) is 10.00 Å². The average molecular weight is 444 g/mol. The summed E-state index contributed by atoms with van der Waals surface area (Å²) in [5.41, 5.74) is 10.2. The molecule has 3 aromatic rings. The number of halogens is 1. The van der Waals surface area contributed by atoms with Crippen molar-refractivity contribution in [1.29, 1.82) is 0 Å². The van der Waals surface area contributed by atoms with Gasteiger partial charge >= 0.3 is 6.09 Å². The van der Waals surface area contributed by atoms with E-state index in [0.29, 0.717) is 10.7 Å². The number of fused-ring (bicyclic) bond motifs is 4. The Labute approximate surface area is 185 Å². The van der Waals surface area contributed by atoms with Crippen molar-refractivity contribution >= 4 is 29.1 Å². The van der Waals surface area contributed by atoms with Gasteiger partial charge in [-0.15, -0.1) is 0 Å². The molecule has 31 heavy (non-hydrogen) atoms. The van der Waals surface area contributed by atoms with E-state index >= 15 is 0 Å². The third kappa shape index (κ3) is 4.67. The molecule has 0 spiro atoms. The van der Waals surface area contributed by atoms with Crippen LogP contribution in [0.2, 0.25) is 5.02 Å². The molecule has 3 heterocycles. The number of hydrogen-bond acceptors (Lipinski definition) is 6. The molecule has 164 valence electrons. The van der Waals surface area contributed by atoms with E-state index in [1.807, 2.05) is 25.4 Å². The molecule has 1 aliphatic rings. The molecular weight excluding hydrogens is 418 g/mol. The van der Waals surface area contributed by atoms with Crippen molar-refractivity contribution in [2.75, 3.05) is 17.7 Å². The zero-order chi connectivity index (χ0) is 22.0. The predicted molar refractivity (Wildman–Crippen MR) is 120 cm³/mol. The van der Waals surface area contributed by atoms with E-state index in [9.17, 15) is 4.79 Å². The van der Waals surface area contributed by atoms with Crippen molar-refractivity contribution in [1.82, 2.24) is 19.7 Å². The highest BCUT2D eigenvalue weighted by atomic mass is 35.5.